The van der Waals surface area contributed by atoms with Crippen LogP contribution in [-0.4, -0.2) is 31.9 Å². The monoisotopic (exact) mass is 273 g/mol. The van der Waals surface area contributed by atoms with Gasteiger partial charge in [-0.25, -0.2) is 8.42 Å². The van der Waals surface area contributed by atoms with Crippen LogP contribution < -0.4 is 5.32 Å². The van der Waals surface area contributed by atoms with E-state index in [0.29, 0.717) is 18.8 Å². The second-order valence-corrected chi connectivity index (χ2v) is 7.94. The molecule has 104 valence electrons. The van der Waals surface area contributed by atoms with Gasteiger partial charge >= 0.3 is 0 Å². The van der Waals surface area contributed by atoms with E-state index < -0.39 is 9.84 Å². The Morgan fingerprint density at radius 1 is 1.11 bits per heavy atom. The Bertz CT molecular complexity index is 385. The molecule has 2 fully saturated rings. The molecule has 1 saturated heterocycles. The molecule has 0 aromatic rings. The van der Waals surface area contributed by atoms with E-state index in [1.54, 1.807) is 0 Å². The highest BCUT2D eigenvalue weighted by Gasteiger charge is 2.28. The molecule has 0 aromatic heterocycles. The van der Waals surface area contributed by atoms with Crippen LogP contribution in [0.15, 0.2) is 0 Å². The maximum absolute atomic E-state index is 11.7. The van der Waals surface area contributed by atoms with Crippen LogP contribution in [0.5, 0.6) is 0 Å². The van der Waals surface area contributed by atoms with Crippen molar-refractivity contribution in [1.29, 1.82) is 0 Å². The number of carbonyl (C=O) groups is 1. The van der Waals surface area contributed by atoms with Gasteiger partial charge in [0, 0.05) is 12.5 Å². The molecule has 1 N–H and O–H groups in total. The van der Waals surface area contributed by atoms with Gasteiger partial charge in [-0.05, 0) is 18.8 Å². The van der Waals surface area contributed by atoms with Gasteiger partial charge in [0.15, 0.2) is 9.84 Å². The number of hydrogen-bond donors (Lipinski definition) is 1. The lowest BCUT2D eigenvalue weighted by atomic mass is 9.86. The van der Waals surface area contributed by atoms with Gasteiger partial charge in [0.2, 0.25) is 5.91 Å². The fourth-order valence-electron chi connectivity index (χ4n) is 3.02. The van der Waals surface area contributed by atoms with E-state index in [4.69, 9.17) is 0 Å². The van der Waals surface area contributed by atoms with Crippen molar-refractivity contribution in [2.75, 3.05) is 11.5 Å². The molecule has 18 heavy (non-hydrogen) atoms. The largest absolute Gasteiger partial charge is 0.352 e. The number of amides is 1. The van der Waals surface area contributed by atoms with Crippen LogP contribution in [0.3, 0.4) is 0 Å². The van der Waals surface area contributed by atoms with Gasteiger partial charge in [0.25, 0.3) is 0 Å². The molecular weight excluding hydrogens is 250 g/mol. The van der Waals surface area contributed by atoms with Crippen LogP contribution in [0.25, 0.3) is 0 Å². The molecule has 2 aliphatic rings. The van der Waals surface area contributed by atoms with Crippen LogP contribution >= 0.6 is 0 Å². The smallest absolute Gasteiger partial charge is 0.220 e. The summed E-state index contributed by atoms with van der Waals surface area (Å²) in [5.74, 6) is 1.09. The van der Waals surface area contributed by atoms with E-state index in [0.717, 1.165) is 6.42 Å². The second-order valence-electron chi connectivity index (χ2n) is 5.71. The molecular formula is C13H23NO3S. The molecule has 5 heteroatoms. The number of rotatable bonds is 4. The van der Waals surface area contributed by atoms with Crippen molar-refractivity contribution < 1.29 is 13.2 Å². The van der Waals surface area contributed by atoms with Crippen LogP contribution in [0.4, 0.5) is 0 Å². The Hall–Kier alpha value is -0.580. The minimum Gasteiger partial charge on any atom is -0.352 e. The first-order chi connectivity index (χ1) is 8.55. The molecule has 0 aromatic carbocycles. The first-order valence-electron chi connectivity index (χ1n) is 7.05. The maximum Gasteiger partial charge on any atom is 0.220 e. The van der Waals surface area contributed by atoms with Crippen molar-refractivity contribution in [3.63, 3.8) is 0 Å². The van der Waals surface area contributed by atoms with Crippen molar-refractivity contribution in [2.45, 2.75) is 57.4 Å². The van der Waals surface area contributed by atoms with Crippen molar-refractivity contribution in [1.82, 2.24) is 5.32 Å². The zero-order valence-corrected chi connectivity index (χ0v) is 11.7. The lowest BCUT2D eigenvalue weighted by Crippen LogP contribution is -2.35. The van der Waals surface area contributed by atoms with Gasteiger partial charge in [-0.3, -0.25) is 4.79 Å². The highest BCUT2D eigenvalue weighted by molar-refractivity contribution is 7.91. The first-order valence-corrected chi connectivity index (χ1v) is 8.87. The lowest BCUT2D eigenvalue weighted by Gasteiger charge is -2.21. The van der Waals surface area contributed by atoms with Gasteiger partial charge in [0.05, 0.1) is 11.5 Å². The van der Waals surface area contributed by atoms with E-state index in [1.807, 2.05) is 0 Å². The average Bonchev–Trinajstić information content (AvgIpc) is 2.67. The molecule has 1 unspecified atom stereocenters. The van der Waals surface area contributed by atoms with Crippen LogP contribution in [0.2, 0.25) is 0 Å². The highest BCUT2D eigenvalue weighted by Crippen LogP contribution is 2.27. The normalized spacial score (nSPS) is 28.1. The Labute approximate surface area is 109 Å². The Morgan fingerprint density at radius 2 is 1.83 bits per heavy atom. The van der Waals surface area contributed by atoms with E-state index in [-0.39, 0.29) is 23.5 Å². The predicted octanol–water partition coefficient (Wildman–Crippen LogP) is 1.65. The SMILES string of the molecule is O=C(CCC1CCCCC1)NC1CCS(=O)(=O)C1. The molecule has 1 aliphatic carbocycles. The van der Waals surface area contributed by atoms with E-state index in [1.165, 1.54) is 32.1 Å². The molecule has 1 aliphatic heterocycles. The maximum atomic E-state index is 11.7. The minimum absolute atomic E-state index is 0.0303. The van der Waals surface area contributed by atoms with Gasteiger partial charge in [-0.15, -0.1) is 0 Å². The number of sulfone groups is 1. The van der Waals surface area contributed by atoms with E-state index >= 15 is 0 Å². The van der Waals surface area contributed by atoms with Crippen molar-refractivity contribution in [3.05, 3.63) is 0 Å². The summed E-state index contributed by atoms with van der Waals surface area (Å²) in [5.41, 5.74) is 0. The summed E-state index contributed by atoms with van der Waals surface area (Å²) in [7, 11) is -2.89. The van der Waals surface area contributed by atoms with Crippen LogP contribution in [-0.2, 0) is 14.6 Å². The third-order valence-corrected chi connectivity index (χ3v) is 5.87. The summed E-state index contributed by atoms with van der Waals surface area (Å²) in [6.07, 6.45) is 8.54. The minimum atomic E-state index is -2.89. The topological polar surface area (TPSA) is 63.2 Å². The molecule has 1 amide bonds. The standard InChI is InChI=1S/C13H23NO3S/c15-13(7-6-11-4-2-1-3-5-11)14-12-8-9-18(16,17)10-12/h11-12H,1-10H2,(H,14,15). The molecule has 2 rings (SSSR count). The van der Waals surface area contributed by atoms with E-state index in [9.17, 15) is 13.2 Å². The second kappa shape index (κ2) is 6.04. The lowest BCUT2D eigenvalue weighted by molar-refractivity contribution is -0.122. The average molecular weight is 273 g/mol. The van der Waals surface area contributed by atoms with Gasteiger partial charge in [-0.2, -0.15) is 0 Å². The number of nitrogens with one attached hydrogen (secondary N) is 1. The number of hydrogen-bond acceptors (Lipinski definition) is 3. The molecule has 0 spiro atoms. The predicted molar refractivity (Wildman–Crippen MR) is 71.0 cm³/mol. The molecule has 1 saturated carbocycles. The summed E-state index contributed by atoms with van der Waals surface area (Å²) in [6, 6.07) is -0.145. The quantitative estimate of drug-likeness (QED) is 0.847. The summed E-state index contributed by atoms with van der Waals surface area (Å²) < 4.78 is 22.6. The van der Waals surface area contributed by atoms with Gasteiger partial charge in [0.1, 0.15) is 0 Å². The zero-order valence-electron chi connectivity index (χ0n) is 10.9. The molecule has 0 bridgehead atoms. The summed E-state index contributed by atoms with van der Waals surface area (Å²) in [6.45, 7) is 0. The van der Waals surface area contributed by atoms with Crippen molar-refractivity contribution >= 4 is 15.7 Å². The summed E-state index contributed by atoms with van der Waals surface area (Å²) in [5, 5.41) is 2.86. The molecule has 1 heterocycles. The third kappa shape index (κ3) is 4.26. The van der Waals surface area contributed by atoms with Gasteiger partial charge < -0.3 is 5.32 Å². The Morgan fingerprint density at radius 3 is 2.44 bits per heavy atom. The summed E-state index contributed by atoms with van der Waals surface area (Å²) >= 11 is 0. The number of carbonyl (C=O) groups excluding carboxylic acids is 1. The third-order valence-electron chi connectivity index (χ3n) is 4.10. The fraction of sp³-hybridized carbons (Fsp3) is 0.923. The van der Waals surface area contributed by atoms with E-state index in [2.05, 4.69) is 5.32 Å². The highest BCUT2D eigenvalue weighted by atomic mass is 32.2. The molecule has 0 radical (unpaired) electrons. The fourth-order valence-corrected chi connectivity index (χ4v) is 4.69. The molecule has 1 atom stereocenters. The van der Waals surface area contributed by atoms with Crippen molar-refractivity contribution in [3.8, 4) is 0 Å². The molecule has 4 nitrogen and oxygen atoms in total. The van der Waals surface area contributed by atoms with Gasteiger partial charge in [-0.1, -0.05) is 32.1 Å². The first kappa shape index (κ1) is 13.8. The Balaban J connectivity index is 1.66. The Kier molecular flexibility index (Phi) is 4.65. The van der Waals surface area contributed by atoms with Crippen molar-refractivity contribution in [2.24, 2.45) is 5.92 Å². The summed E-state index contributed by atoms with van der Waals surface area (Å²) in [4.78, 5) is 11.7. The van der Waals surface area contributed by atoms with Crippen LogP contribution in [0, 0.1) is 5.92 Å². The zero-order chi connectivity index (χ0) is 13.0. The van der Waals surface area contributed by atoms with Crippen LogP contribution in [0.1, 0.15) is 51.4 Å².